The van der Waals surface area contributed by atoms with Crippen LogP contribution >= 0.6 is 0 Å². The molecule has 5 nitrogen and oxygen atoms in total. The molecule has 0 spiro atoms. The van der Waals surface area contributed by atoms with Gasteiger partial charge >= 0.3 is 0 Å². The molecule has 1 atom stereocenters. The normalized spacial score (nSPS) is 17.5. The first-order valence-corrected chi connectivity index (χ1v) is 9.66. The maximum absolute atomic E-state index is 13.3. The van der Waals surface area contributed by atoms with Crippen molar-refractivity contribution in [3.63, 3.8) is 0 Å². The van der Waals surface area contributed by atoms with E-state index in [9.17, 15) is 9.18 Å². The third-order valence-electron chi connectivity index (χ3n) is 5.24. The molecule has 1 aliphatic heterocycles. The minimum absolute atomic E-state index is 0.106. The Hall–Kier alpha value is -2.73. The van der Waals surface area contributed by atoms with Crippen LogP contribution in [0.5, 0.6) is 0 Å². The van der Waals surface area contributed by atoms with Gasteiger partial charge < -0.3 is 14.6 Å². The van der Waals surface area contributed by atoms with Crippen molar-refractivity contribution in [3.8, 4) is 11.3 Å². The molecule has 1 fully saturated rings. The number of carbonyl (C=O) groups is 1. The van der Waals surface area contributed by atoms with Crippen molar-refractivity contribution in [2.75, 3.05) is 19.6 Å². The van der Waals surface area contributed by atoms with Gasteiger partial charge in [-0.2, -0.15) is 0 Å². The summed E-state index contributed by atoms with van der Waals surface area (Å²) in [6, 6.07) is 10.1. The van der Waals surface area contributed by atoms with Crippen LogP contribution in [-0.2, 0) is 0 Å². The van der Waals surface area contributed by atoms with Crippen molar-refractivity contribution in [1.82, 2.24) is 15.2 Å². The fourth-order valence-electron chi connectivity index (χ4n) is 3.63. The van der Waals surface area contributed by atoms with Crippen LogP contribution in [-0.4, -0.2) is 41.5 Å². The van der Waals surface area contributed by atoms with Gasteiger partial charge in [0.15, 0.2) is 11.3 Å². The number of nitrogens with zero attached hydrogens (tertiary/aromatic N) is 2. The fourth-order valence-corrected chi connectivity index (χ4v) is 3.63. The van der Waals surface area contributed by atoms with Crippen molar-refractivity contribution in [1.29, 1.82) is 0 Å². The Morgan fingerprint density at radius 2 is 2.04 bits per heavy atom. The molecule has 4 rings (SSSR count). The molecule has 1 amide bonds. The highest BCUT2D eigenvalue weighted by atomic mass is 19.1. The average Bonchev–Trinajstić information content (AvgIpc) is 3.11. The highest BCUT2D eigenvalue weighted by Gasteiger charge is 2.27. The van der Waals surface area contributed by atoms with Crippen molar-refractivity contribution in [2.24, 2.45) is 0 Å². The number of nitrogens with one attached hydrogen (secondary N) is 1. The quantitative estimate of drug-likeness (QED) is 0.739. The lowest BCUT2D eigenvalue weighted by Gasteiger charge is -2.33. The summed E-state index contributed by atoms with van der Waals surface area (Å²) in [5.41, 5.74) is 3.85. The number of furan rings is 1. The van der Waals surface area contributed by atoms with Crippen LogP contribution in [0.2, 0.25) is 0 Å². The molecule has 28 heavy (non-hydrogen) atoms. The van der Waals surface area contributed by atoms with Gasteiger partial charge in [-0.25, -0.2) is 9.37 Å². The second kappa shape index (κ2) is 7.36. The van der Waals surface area contributed by atoms with E-state index < -0.39 is 0 Å². The molecule has 3 heterocycles. The molecular formula is C22H24FN3O2. The van der Waals surface area contributed by atoms with Crippen molar-refractivity contribution >= 4 is 17.0 Å². The average molecular weight is 381 g/mol. The predicted molar refractivity (Wildman–Crippen MR) is 107 cm³/mol. The Bertz CT molecular complexity index is 1010. The van der Waals surface area contributed by atoms with E-state index in [0.29, 0.717) is 23.4 Å². The number of fused-ring (bicyclic) bond motifs is 1. The highest BCUT2D eigenvalue weighted by Crippen LogP contribution is 2.32. The van der Waals surface area contributed by atoms with E-state index in [2.05, 4.69) is 24.1 Å². The zero-order valence-corrected chi connectivity index (χ0v) is 16.3. The lowest BCUT2D eigenvalue weighted by atomic mass is 10.00. The van der Waals surface area contributed by atoms with Gasteiger partial charge in [0.1, 0.15) is 11.3 Å². The number of rotatable bonds is 3. The number of hydrogen-bond acceptors (Lipinski definition) is 4. The molecule has 0 aliphatic carbocycles. The number of halogens is 1. The summed E-state index contributed by atoms with van der Waals surface area (Å²) in [5.74, 6) is 0.117. The largest absolute Gasteiger partial charge is 0.449 e. The number of piperazine rings is 1. The van der Waals surface area contributed by atoms with Crippen LogP contribution in [0.4, 0.5) is 4.39 Å². The van der Waals surface area contributed by atoms with Gasteiger partial charge in [0.2, 0.25) is 0 Å². The Balaban J connectivity index is 1.78. The van der Waals surface area contributed by atoms with Gasteiger partial charge in [0.25, 0.3) is 5.91 Å². The summed E-state index contributed by atoms with van der Waals surface area (Å²) in [5, 5.41) is 3.29. The number of hydrogen-bond donors (Lipinski definition) is 1. The molecule has 3 aromatic rings. The standard InChI is InChI=1S/C22H24FN3O2/c1-13(2)17-10-18(15-4-6-16(23)7-5-15)25-19-11-20(28-21(17)19)22(27)26-9-8-24-12-14(26)3/h4-7,10-11,13-14,24H,8-9,12H2,1-3H3/t14-/m1/s1. The smallest absolute Gasteiger partial charge is 0.289 e. The van der Waals surface area contributed by atoms with E-state index in [1.807, 2.05) is 17.9 Å². The summed E-state index contributed by atoms with van der Waals surface area (Å²) in [4.78, 5) is 19.5. The number of benzene rings is 1. The molecule has 2 aromatic heterocycles. The molecule has 0 bridgehead atoms. The van der Waals surface area contributed by atoms with Crippen molar-refractivity contribution < 1.29 is 13.6 Å². The molecule has 0 unspecified atom stereocenters. The topological polar surface area (TPSA) is 58.4 Å². The van der Waals surface area contributed by atoms with Gasteiger partial charge in [-0.05, 0) is 43.2 Å². The molecule has 1 saturated heterocycles. The first-order chi connectivity index (χ1) is 13.4. The van der Waals surface area contributed by atoms with E-state index in [1.165, 1.54) is 12.1 Å². The molecule has 1 aromatic carbocycles. The Kier molecular flexibility index (Phi) is 4.89. The third kappa shape index (κ3) is 3.40. The molecule has 1 aliphatic rings. The van der Waals surface area contributed by atoms with Crippen LogP contribution in [0, 0.1) is 5.82 Å². The number of pyridine rings is 1. The molecule has 0 saturated carbocycles. The molecular weight excluding hydrogens is 357 g/mol. The van der Waals surface area contributed by atoms with Gasteiger partial charge in [-0.3, -0.25) is 4.79 Å². The first kappa shape index (κ1) is 18.6. The van der Waals surface area contributed by atoms with Crippen LogP contribution in [0.15, 0.2) is 40.8 Å². The minimum atomic E-state index is -0.282. The van der Waals surface area contributed by atoms with E-state index >= 15 is 0 Å². The second-order valence-corrected chi connectivity index (χ2v) is 7.64. The van der Waals surface area contributed by atoms with E-state index in [-0.39, 0.29) is 23.7 Å². The van der Waals surface area contributed by atoms with E-state index in [4.69, 9.17) is 4.42 Å². The number of aromatic nitrogens is 1. The summed E-state index contributed by atoms with van der Waals surface area (Å²) in [6.45, 7) is 8.38. The zero-order chi connectivity index (χ0) is 19.8. The summed E-state index contributed by atoms with van der Waals surface area (Å²) in [6.07, 6.45) is 0. The summed E-state index contributed by atoms with van der Waals surface area (Å²) >= 11 is 0. The lowest BCUT2D eigenvalue weighted by Crippen LogP contribution is -2.52. The fraction of sp³-hybridized carbons (Fsp3) is 0.364. The first-order valence-electron chi connectivity index (χ1n) is 9.66. The molecule has 0 radical (unpaired) electrons. The Labute approximate surface area is 163 Å². The van der Waals surface area contributed by atoms with E-state index in [1.54, 1.807) is 18.2 Å². The van der Waals surface area contributed by atoms with Crippen molar-refractivity contribution in [3.05, 3.63) is 53.5 Å². The molecule has 6 heteroatoms. The van der Waals surface area contributed by atoms with Crippen LogP contribution < -0.4 is 5.32 Å². The summed E-state index contributed by atoms with van der Waals surface area (Å²) < 4.78 is 19.3. The maximum atomic E-state index is 13.3. The highest BCUT2D eigenvalue weighted by molar-refractivity contribution is 5.96. The number of amides is 1. The minimum Gasteiger partial charge on any atom is -0.449 e. The predicted octanol–water partition coefficient (Wildman–Crippen LogP) is 4.19. The lowest BCUT2D eigenvalue weighted by molar-refractivity contribution is 0.0625. The van der Waals surface area contributed by atoms with Gasteiger partial charge in [-0.1, -0.05) is 13.8 Å². The van der Waals surface area contributed by atoms with Crippen molar-refractivity contribution in [2.45, 2.75) is 32.7 Å². The molecule has 1 N–H and O–H groups in total. The zero-order valence-electron chi connectivity index (χ0n) is 16.3. The van der Waals surface area contributed by atoms with Gasteiger partial charge in [0.05, 0.1) is 5.69 Å². The van der Waals surface area contributed by atoms with E-state index in [0.717, 1.165) is 29.9 Å². The van der Waals surface area contributed by atoms with Crippen LogP contribution in [0.1, 0.15) is 42.8 Å². The SMILES string of the molecule is CC(C)c1cc(-c2ccc(F)cc2)nc2cc(C(=O)N3CCNC[C@H]3C)oc12. The maximum Gasteiger partial charge on any atom is 0.289 e. The van der Waals surface area contributed by atoms with Crippen LogP contribution in [0.3, 0.4) is 0 Å². The number of carbonyl (C=O) groups excluding carboxylic acids is 1. The summed E-state index contributed by atoms with van der Waals surface area (Å²) in [7, 11) is 0. The van der Waals surface area contributed by atoms with Gasteiger partial charge in [-0.15, -0.1) is 0 Å². The second-order valence-electron chi connectivity index (χ2n) is 7.64. The third-order valence-corrected chi connectivity index (χ3v) is 5.24. The monoisotopic (exact) mass is 381 g/mol. The van der Waals surface area contributed by atoms with Crippen LogP contribution in [0.25, 0.3) is 22.4 Å². The molecule has 146 valence electrons. The van der Waals surface area contributed by atoms with Gasteiger partial charge in [0, 0.05) is 42.9 Å². The Morgan fingerprint density at radius 1 is 1.29 bits per heavy atom. The Morgan fingerprint density at radius 3 is 2.71 bits per heavy atom.